The smallest absolute Gasteiger partial charge is 0.216 e. The van der Waals surface area contributed by atoms with E-state index in [4.69, 9.17) is 0 Å². The van der Waals surface area contributed by atoms with E-state index in [-0.39, 0.29) is 11.5 Å². The lowest BCUT2D eigenvalue weighted by Gasteiger charge is -1.95. The van der Waals surface area contributed by atoms with E-state index in [1.54, 1.807) is 0 Å². The third kappa shape index (κ3) is 4.09. The molecule has 16 heavy (non-hydrogen) atoms. The molecule has 0 unspecified atom stereocenters. The minimum absolute atomic E-state index is 0.0304. The summed E-state index contributed by atoms with van der Waals surface area (Å²) in [6.07, 6.45) is 0.398. The van der Waals surface area contributed by atoms with Crippen LogP contribution in [-0.4, -0.2) is 12.5 Å². The topological polar surface area (TPSA) is 29.1 Å². The number of carbonyl (C=O) groups excluding carboxylic acids is 1. The molecule has 0 bridgehead atoms. The van der Waals surface area contributed by atoms with E-state index in [9.17, 15) is 13.6 Å². The third-order valence-electron chi connectivity index (χ3n) is 1.78. The van der Waals surface area contributed by atoms with E-state index in [1.165, 1.54) is 6.92 Å². The van der Waals surface area contributed by atoms with Gasteiger partial charge in [-0.25, -0.2) is 8.78 Å². The summed E-state index contributed by atoms with van der Waals surface area (Å²) in [5.41, 5.74) is 0.0304. The van der Waals surface area contributed by atoms with Crippen LogP contribution < -0.4 is 5.32 Å². The van der Waals surface area contributed by atoms with E-state index < -0.39 is 11.6 Å². The minimum Gasteiger partial charge on any atom is -0.355 e. The van der Waals surface area contributed by atoms with Crippen LogP contribution in [0.2, 0.25) is 0 Å². The number of benzene rings is 1. The fourth-order valence-corrected chi connectivity index (χ4v) is 1.05. The molecule has 0 saturated carbocycles. The molecule has 0 aromatic heterocycles. The van der Waals surface area contributed by atoms with Crippen LogP contribution in [0.3, 0.4) is 0 Å². The highest BCUT2D eigenvalue weighted by molar-refractivity contribution is 5.72. The summed E-state index contributed by atoms with van der Waals surface area (Å²) >= 11 is 0. The molecule has 1 amide bonds. The van der Waals surface area contributed by atoms with E-state index in [0.717, 1.165) is 18.2 Å². The van der Waals surface area contributed by atoms with Crippen molar-refractivity contribution in [3.63, 3.8) is 0 Å². The Hall–Kier alpha value is -1.89. The van der Waals surface area contributed by atoms with Gasteiger partial charge in [0.15, 0.2) is 0 Å². The second-order valence-corrected chi connectivity index (χ2v) is 3.16. The van der Waals surface area contributed by atoms with Gasteiger partial charge in [-0.15, -0.1) is 0 Å². The molecule has 0 spiro atoms. The fourth-order valence-electron chi connectivity index (χ4n) is 1.05. The van der Waals surface area contributed by atoms with Crippen molar-refractivity contribution >= 4 is 5.91 Å². The monoisotopic (exact) mass is 223 g/mol. The summed E-state index contributed by atoms with van der Waals surface area (Å²) in [7, 11) is 0. The van der Waals surface area contributed by atoms with Gasteiger partial charge in [-0.1, -0.05) is 11.8 Å². The van der Waals surface area contributed by atoms with Crippen LogP contribution in [0.4, 0.5) is 8.78 Å². The molecule has 0 aliphatic rings. The lowest BCUT2D eigenvalue weighted by molar-refractivity contribution is -0.118. The number of hydrogen-bond acceptors (Lipinski definition) is 1. The summed E-state index contributed by atoms with van der Waals surface area (Å²) in [5.74, 6) is 3.96. The molecule has 84 valence electrons. The van der Waals surface area contributed by atoms with Gasteiger partial charge in [0, 0.05) is 19.9 Å². The zero-order chi connectivity index (χ0) is 12.0. The molecular formula is C12H11F2NO. The van der Waals surface area contributed by atoms with Crippen LogP contribution in [0, 0.1) is 23.5 Å². The molecule has 2 nitrogen and oxygen atoms in total. The molecule has 1 N–H and O–H groups in total. The summed E-state index contributed by atoms with van der Waals surface area (Å²) in [5, 5.41) is 2.55. The molecule has 0 aliphatic carbocycles. The van der Waals surface area contributed by atoms with Gasteiger partial charge in [0.05, 0.1) is 5.56 Å². The lowest BCUT2D eigenvalue weighted by atomic mass is 10.2. The molecule has 0 radical (unpaired) electrons. The summed E-state index contributed by atoms with van der Waals surface area (Å²) in [6.45, 7) is 1.80. The van der Waals surface area contributed by atoms with Crippen molar-refractivity contribution in [2.24, 2.45) is 0 Å². The average Bonchev–Trinajstić information content (AvgIpc) is 2.22. The van der Waals surface area contributed by atoms with Gasteiger partial charge in [-0.3, -0.25) is 4.79 Å². The van der Waals surface area contributed by atoms with Gasteiger partial charge in [-0.2, -0.15) is 0 Å². The summed E-state index contributed by atoms with van der Waals surface area (Å²) in [4.78, 5) is 10.5. The Morgan fingerprint density at radius 2 is 2.19 bits per heavy atom. The maximum absolute atomic E-state index is 13.1. The third-order valence-corrected chi connectivity index (χ3v) is 1.78. The summed E-state index contributed by atoms with van der Waals surface area (Å²) in [6, 6.07) is 3.12. The van der Waals surface area contributed by atoms with Crippen molar-refractivity contribution in [3.8, 4) is 11.8 Å². The van der Waals surface area contributed by atoms with Crippen LogP contribution in [0.5, 0.6) is 0 Å². The zero-order valence-electron chi connectivity index (χ0n) is 8.81. The van der Waals surface area contributed by atoms with Gasteiger partial charge in [0.1, 0.15) is 11.6 Å². The predicted molar refractivity (Wildman–Crippen MR) is 56.5 cm³/mol. The number of carbonyl (C=O) groups is 1. The van der Waals surface area contributed by atoms with E-state index in [2.05, 4.69) is 17.2 Å². The minimum atomic E-state index is -0.548. The molecule has 0 heterocycles. The van der Waals surface area contributed by atoms with Crippen molar-refractivity contribution < 1.29 is 13.6 Å². The van der Waals surface area contributed by atoms with Crippen molar-refractivity contribution in [2.75, 3.05) is 6.54 Å². The van der Waals surface area contributed by atoms with Gasteiger partial charge in [0.2, 0.25) is 5.91 Å². The number of rotatable bonds is 2. The van der Waals surface area contributed by atoms with Crippen LogP contribution in [-0.2, 0) is 4.79 Å². The van der Waals surface area contributed by atoms with Crippen molar-refractivity contribution in [1.29, 1.82) is 0 Å². The van der Waals surface area contributed by atoms with Gasteiger partial charge >= 0.3 is 0 Å². The quantitative estimate of drug-likeness (QED) is 0.601. The normalized spacial score (nSPS) is 9.19. The molecule has 0 aliphatic heterocycles. The Balaban J connectivity index is 2.56. The molecule has 4 heteroatoms. The highest BCUT2D eigenvalue weighted by Crippen LogP contribution is 2.07. The predicted octanol–water partition coefficient (Wildman–Crippen LogP) is 1.84. The Morgan fingerprint density at radius 1 is 1.44 bits per heavy atom. The van der Waals surface area contributed by atoms with Gasteiger partial charge in [-0.05, 0) is 18.2 Å². The molecule has 0 fully saturated rings. The first-order valence-electron chi connectivity index (χ1n) is 4.78. The Kier molecular flexibility index (Phi) is 4.46. The first-order valence-corrected chi connectivity index (χ1v) is 4.78. The SMILES string of the molecule is CC(=O)NCCC#Cc1cc(F)ccc1F. The Morgan fingerprint density at radius 3 is 2.88 bits per heavy atom. The van der Waals surface area contributed by atoms with E-state index in [1.807, 2.05) is 0 Å². The van der Waals surface area contributed by atoms with E-state index in [0.29, 0.717) is 13.0 Å². The van der Waals surface area contributed by atoms with Crippen LogP contribution in [0.1, 0.15) is 18.9 Å². The Bertz CT molecular complexity index is 446. The molecular weight excluding hydrogens is 212 g/mol. The molecule has 1 aromatic rings. The standard InChI is InChI=1S/C12H11F2NO/c1-9(16)15-7-3-2-4-10-8-11(13)5-6-12(10)14/h5-6,8H,3,7H2,1H3,(H,15,16). The second-order valence-electron chi connectivity index (χ2n) is 3.16. The fraction of sp³-hybridized carbons (Fsp3) is 0.250. The maximum atomic E-state index is 13.1. The van der Waals surface area contributed by atoms with Crippen LogP contribution in [0.15, 0.2) is 18.2 Å². The first-order chi connectivity index (χ1) is 7.59. The Labute approximate surface area is 92.7 Å². The summed E-state index contributed by atoms with van der Waals surface area (Å²) < 4.78 is 25.8. The molecule has 1 rings (SSSR count). The second kappa shape index (κ2) is 5.86. The molecule has 0 atom stereocenters. The van der Waals surface area contributed by atoms with Gasteiger partial charge < -0.3 is 5.32 Å². The number of nitrogens with one attached hydrogen (secondary N) is 1. The van der Waals surface area contributed by atoms with E-state index >= 15 is 0 Å². The highest BCUT2D eigenvalue weighted by atomic mass is 19.1. The zero-order valence-corrected chi connectivity index (χ0v) is 8.81. The first kappa shape index (κ1) is 12.2. The van der Waals surface area contributed by atoms with Crippen molar-refractivity contribution in [2.45, 2.75) is 13.3 Å². The molecule has 0 saturated heterocycles. The highest BCUT2D eigenvalue weighted by Gasteiger charge is 1.99. The molecule has 1 aromatic carbocycles. The maximum Gasteiger partial charge on any atom is 0.216 e. The van der Waals surface area contributed by atoms with Gasteiger partial charge in [0.25, 0.3) is 0 Å². The number of hydrogen-bond donors (Lipinski definition) is 1. The average molecular weight is 223 g/mol. The van der Waals surface area contributed by atoms with Crippen molar-refractivity contribution in [3.05, 3.63) is 35.4 Å². The lowest BCUT2D eigenvalue weighted by Crippen LogP contribution is -2.20. The largest absolute Gasteiger partial charge is 0.355 e. The van der Waals surface area contributed by atoms with Crippen molar-refractivity contribution in [1.82, 2.24) is 5.32 Å². The number of amides is 1. The van der Waals surface area contributed by atoms with Crippen LogP contribution >= 0.6 is 0 Å². The number of halogens is 2. The van der Waals surface area contributed by atoms with Crippen LogP contribution in [0.25, 0.3) is 0 Å².